The maximum atomic E-state index is 15.1. The Hall–Kier alpha value is -8.06. The fourth-order valence-electron chi connectivity index (χ4n) is 4.63. The molecule has 49 heavy (non-hydrogen) atoms. The largest absolute Gasteiger partial charge is 0.305 e. The third kappa shape index (κ3) is 4.76. The number of aromatic nitrogens is 3. The van der Waals surface area contributed by atoms with E-state index < -0.39 is 63.5 Å². The summed E-state index contributed by atoms with van der Waals surface area (Å²) in [5, 5.41) is 28.4. The van der Waals surface area contributed by atoms with Crippen molar-refractivity contribution in [2.24, 2.45) is 20.0 Å². The van der Waals surface area contributed by atoms with Crippen LogP contribution in [-0.4, -0.2) is 15.0 Å². The third-order valence-electron chi connectivity index (χ3n) is 6.81. The second-order valence-corrected chi connectivity index (χ2v) is 9.40. The van der Waals surface area contributed by atoms with Crippen LogP contribution in [0.2, 0.25) is 0 Å². The lowest BCUT2D eigenvalue weighted by Crippen LogP contribution is -2.26. The first-order chi connectivity index (χ1) is 23.6. The monoisotopic (exact) mass is 653 g/mol. The standard InChI is InChI=1S/C31H4F5N13/c1-40-16(9-38)29-43-14-6-4-11(13(8-37)24(14)45-29)27-47-28(49-31(48-27)18-19(32)21(34)23(36)22(35)20(18)33)12-5-7-15-26(25(12)42-3)46-30(44-15)17(10-39)41-2/h4-7H/b29-16+,30-17-. The van der Waals surface area contributed by atoms with Gasteiger partial charge >= 0.3 is 11.4 Å². The summed E-state index contributed by atoms with van der Waals surface area (Å²) < 4.78 is 72.8. The smallest absolute Gasteiger partial charge is 0.250 e. The number of allylic oxidation sites excluding steroid dienone is 2. The second kappa shape index (κ2) is 11.7. The average molecular weight is 653 g/mol. The predicted molar refractivity (Wildman–Crippen MR) is 150 cm³/mol. The minimum Gasteiger partial charge on any atom is -0.250 e. The van der Waals surface area contributed by atoms with Crippen LogP contribution in [0.5, 0.6) is 0 Å². The molecule has 6 rings (SSSR count). The van der Waals surface area contributed by atoms with Gasteiger partial charge in [-0.15, -0.1) is 0 Å². The van der Waals surface area contributed by atoms with Crippen LogP contribution in [0.15, 0.2) is 67.3 Å². The summed E-state index contributed by atoms with van der Waals surface area (Å²) in [6.07, 6.45) is 0. The molecule has 18 heteroatoms. The molecule has 0 spiro atoms. The first-order valence-electron chi connectivity index (χ1n) is 12.9. The number of benzene rings is 3. The van der Waals surface area contributed by atoms with Crippen molar-refractivity contribution in [2.75, 3.05) is 0 Å². The first-order valence-corrected chi connectivity index (χ1v) is 12.9. The Morgan fingerprint density at radius 3 is 1.57 bits per heavy atom. The highest BCUT2D eigenvalue weighted by Gasteiger charge is 2.30. The summed E-state index contributed by atoms with van der Waals surface area (Å²) in [6.45, 7) is 22.1. The first kappa shape index (κ1) is 30.9. The Morgan fingerprint density at radius 2 is 1.06 bits per heavy atom. The van der Waals surface area contributed by atoms with Crippen molar-refractivity contribution in [2.45, 2.75) is 0 Å². The van der Waals surface area contributed by atoms with E-state index in [2.05, 4.69) is 49.5 Å². The van der Waals surface area contributed by atoms with E-state index in [1.807, 2.05) is 6.07 Å². The summed E-state index contributed by atoms with van der Waals surface area (Å²) in [5.41, 5.74) is -3.58. The van der Waals surface area contributed by atoms with Crippen LogP contribution in [0.3, 0.4) is 0 Å². The van der Waals surface area contributed by atoms with Crippen LogP contribution >= 0.6 is 0 Å². The lowest BCUT2D eigenvalue weighted by atomic mass is 10.1. The molecule has 0 fully saturated rings. The van der Waals surface area contributed by atoms with Crippen molar-refractivity contribution in [1.29, 1.82) is 15.8 Å². The Balaban J connectivity index is 1.72. The van der Waals surface area contributed by atoms with Gasteiger partial charge in [0, 0.05) is 11.1 Å². The number of hydrogen-bond donors (Lipinski definition) is 0. The van der Waals surface area contributed by atoms with E-state index in [0.29, 0.717) is 0 Å². The van der Waals surface area contributed by atoms with Crippen molar-refractivity contribution in [3.05, 3.63) is 138 Å². The Morgan fingerprint density at radius 1 is 0.592 bits per heavy atom. The summed E-state index contributed by atoms with van der Waals surface area (Å²) >= 11 is 0. The van der Waals surface area contributed by atoms with Crippen LogP contribution in [0.25, 0.3) is 48.7 Å². The highest BCUT2D eigenvalue weighted by atomic mass is 19.2. The summed E-state index contributed by atoms with van der Waals surface area (Å²) in [6, 6.07) is 10.1. The van der Waals surface area contributed by atoms with Crippen molar-refractivity contribution < 1.29 is 22.0 Å². The van der Waals surface area contributed by atoms with E-state index >= 15 is 8.78 Å². The van der Waals surface area contributed by atoms with Gasteiger partial charge in [0.1, 0.15) is 11.4 Å². The molecule has 0 bridgehead atoms. The van der Waals surface area contributed by atoms with Gasteiger partial charge in [0.2, 0.25) is 11.5 Å². The number of rotatable bonds is 3. The van der Waals surface area contributed by atoms with Gasteiger partial charge in [0.05, 0.1) is 59.1 Å². The third-order valence-corrected chi connectivity index (χ3v) is 6.81. The van der Waals surface area contributed by atoms with E-state index in [9.17, 15) is 29.0 Å². The summed E-state index contributed by atoms with van der Waals surface area (Å²) in [4.78, 5) is 38.0. The molecule has 0 unspecified atom stereocenters. The molecule has 228 valence electrons. The molecule has 0 saturated carbocycles. The molecule has 2 aliphatic rings. The maximum absolute atomic E-state index is 15.1. The van der Waals surface area contributed by atoms with Crippen molar-refractivity contribution >= 4 is 5.69 Å². The summed E-state index contributed by atoms with van der Waals surface area (Å²) in [5.74, 6) is -14.4. The fourth-order valence-corrected chi connectivity index (χ4v) is 4.63. The van der Waals surface area contributed by atoms with Crippen molar-refractivity contribution in [3.63, 3.8) is 0 Å². The number of nitrogens with zero attached hydrogens (tertiary/aromatic N) is 13. The molecule has 0 saturated heterocycles. The van der Waals surface area contributed by atoms with Gasteiger partial charge < -0.3 is 0 Å². The molecule has 1 aromatic heterocycles. The molecular weight excluding hydrogens is 649 g/mol. The molecule has 0 atom stereocenters. The van der Waals surface area contributed by atoms with Gasteiger partial charge in [0.25, 0.3) is 0 Å². The molecule has 0 aliphatic carbocycles. The van der Waals surface area contributed by atoms with E-state index in [4.69, 9.17) is 19.7 Å². The zero-order valence-corrected chi connectivity index (χ0v) is 23.5. The molecule has 4 aromatic rings. The van der Waals surface area contributed by atoms with Gasteiger partial charge in [-0.1, -0.05) is 6.07 Å². The number of hydrogen-bond acceptors (Lipinski definition) is 10. The van der Waals surface area contributed by atoms with Gasteiger partial charge in [-0.3, -0.25) is 0 Å². The normalized spacial score (nSPS) is 14.0. The van der Waals surface area contributed by atoms with E-state index in [1.54, 1.807) is 12.1 Å². The van der Waals surface area contributed by atoms with E-state index in [1.165, 1.54) is 24.3 Å². The predicted octanol–water partition coefficient (Wildman–Crippen LogP) is 3.72. The van der Waals surface area contributed by atoms with Crippen LogP contribution in [0, 0.1) is 82.8 Å². The number of nitriles is 3. The minimum atomic E-state index is -2.44. The van der Waals surface area contributed by atoms with Crippen molar-refractivity contribution in [1.82, 2.24) is 15.0 Å². The average Bonchev–Trinajstić information content (AvgIpc) is 3.75. The number of halogens is 5. The quantitative estimate of drug-likeness (QED) is 0.107. The number of fused-ring (bicyclic) bond motifs is 2. The van der Waals surface area contributed by atoms with Gasteiger partial charge in [-0.05, 0) is 18.2 Å². The van der Waals surface area contributed by atoms with E-state index in [0.717, 1.165) is 0 Å². The Labute approximate surface area is 268 Å². The van der Waals surface area contributed by atoms with E-state index in [-0.39, 0.29) is 55.4 Å². The van der Waals surface area contributed by atoms with Gasteiger partial charge in [0.15, 0.2) is 52.4 Å². The lowest BCUT2D eigenvalue weighted by Gasteiger charge is -2.12. The minimum absolute atomic E-state index is 0.0558. The molecule has 0 N–H and O–H groups in total. The highest BCUT2D eigenvalue weighted by molar-refractivity contribution is 5.77. The Bertz CT molecular complexity index is 2640. The van der Waals surface area contributed by atoms with Crippen LogP contribution in [-0.2, 0) is 0 Å². The SMILES string of the molecule is [C-]#[N+]/C(C#N)=C1/N=c2ccc(-c3nc(-c4ccc5c(c4C#N)=N/C(=C(\C#N)[N+]#[C-])N=5)nc(-c4c(F)c(F)c(F)c(F)c4F)n3)c([N+]#[C-])c2=N1. The fraction of sp³-hybridized carbons (Fsp3) is 0. The van der Waals surface area contributed by atoms with Crippen LogP contribution in [0.1, 0.15) is 5.56 Å². The zero-order valence-electron chi connectivity index (χ0n) is 23.5. The van der Waals surface area contributed by atoms with Crippen LogP contribution < -0.4 is 21.4 Å². The second-order valence-electron chi connectivity index (χ2n) is 9.40. The highest BCUT2D eigenvalue weighted by Crippen LogP contribution is 2.34. The Kier molecular flexibility index (Phi) is 7.39. The molecule has 0 amide bonds. The van der Waals surface area contributed by atoms with Crippen molar-refractivity contribution in [3.8, 4) is 52.4 Å². The molecule has 3 aromatic carbocycles. The maximum Gasteiger partial charge on any atom is 0.305 e. The molecule has 0 radical (unpaired) electrons. The molecule has 2 aliphatic heterocycles. The summed E-state index contributed by atoms with van der Waals surface area (Å²) in [7, 11) is 0. The molecule has 13 nitrogen and oxygen atoms in total. The molecule has 3 heterocycles. The van der Waals surface area contributed by atoms with Gasteiger partial charge in [-0.2, -0.15) is 5.26 Å². The lowest BCUT2D eigenvalue weighted by molar-refractivity contribution is 0.381. The van der Waals surface area contributed by atoms with Gasteiger partial charge in [-0.25, -0.2) is 81.9 Å². The zero-order chi connectivity index (χ0) is 35.1. The van der Waals surface area contributed by atoms with Crippen LogP contribution in [0.4, 0.5) is 27.6 Å². The topological polar surface area (TPSA) is 173 Å². The molecular formula is C31H4F5N13.